The summed E-state index contributed by atoms with van der Waals surface area (Å²) >= 11 is 0. The molecule has 0 saturated carbocycles. The lowest BCUT2D eigenvalue weighted by molar-refractivity contribution is 0.0279. The summed E-state index contributed by atoms with van der Waals surface area (Å²) in [6.45, 7) is 5.39. The van der Waals surface area contributed by atoms with Crippen LogP contribution in [-0.2, 0) is 16.2 Å². The minimum absolute atomic E-state index is 0.424. The summed E-state index contributed by atoms with van der Waals surface area (Å²) in [5.41, 5.74) is 8.30. The second kappa shape index (κ2) is 4.97. The number of nitrogens with two attached hydrogens (primary N) is 1. The molecule has 5 nitrogen and oxygen atoms in total. The second-order valence-electron chi connectivity index (χ2n) is 3.11. The maximum atomic E-state index is 5.77. The average Bonchev–Trinajstić information content (AvgIpc) is 2.41. The third kappa shape index (κ3) is 2.46. The Hall–Kier alpha value is -1.07. The van der Waals surface area contributed by atoms with E-state index in [9.17, 15) is 0 Å². The van der Waals surface area contributed by atoms with Crippen molar-refractivity contribution in [2.24, 2.45) is 0 Å². The molecule has 1 rings (SSSR count). The minimum Gasteiger partial charge on any atom is -0.396 e. The van der Waals surface area contributed by atoms with Gasteiger partial charge >= 0.3 is 0 Å². The fraction of sp³-hybridized carbons (Fsp3) is 0.667. The van der Waals surface area contributed by atoms with Gasteiger partial charge in [-0.15, -0.1) is 0 Å². The van der Waals surface area contributed by atoms with Crippen LogP contribution in [0.5, 0.6) is 0 Å². The van der Waals surface area contributed by atoms with E-state index >= 15 is 0 Å². The van der Waals surface area contributed by atoms with Gasteiger partial charge in [0.05, 0.1) is 30.3 Å². The number of hydrogen-bond donors (Lipinski definition) is 1. The van der Waals surface area contributed by atoms with Crippen LogP contribution in [0.1, 0.15) is 11.4 Å². The van der Waals surface area contributed by atoms with Crippen LogP contribution in [0, 0.1) is 13.8 Å². The molecule has 0 atom stereocenters. The van der Waals surface area contributed by atoms with Crippen LogP contribution in [0.4, 0.5) is 5.69 Å². The van der Waals surface area contributed by atoms with Crippen molar-refractivity contribution in [1.29, 1.82) is 0 Å². The van der Waals surface area contributed by atoms with Crippen LogP contribution in [-0.4, -0.2) is 30.1 Å². The van der Waals surface area contributed by atoms with Gasteiger partial charge in [0, 0.05) is 7.11 Å². The van der Waals surface area contributed by atoms with Crippen LogP contribution in [0.15, 0.2) is 0 Å². The van der Waals surface area contributed by atoms with Crippen molar-refractivity contribution in [1.82, 2.24) is 9.78 Å². The van der Waals surface area contributed by atoms with E-state index in [0.29, 0.717) is 19.9 Å². The predicted molar refractivity (Wildman–Crippen MR) is 53.9 cm³/mol. The zero-order chi connectivity index (χ0) is 10.6. The van der Waals surface area contributed by atoms with Crippen molar-refractivity contribution in [3.63, 3.8) is 0 Å². The van der Waals surface area contributed by atoms with Crippen molar-refractivity contribution in [2.75, 3.05) is 26.1 Å². The van der Waals surface area contributed by atoms with Crippen molar-refractivity contribution in [2.45, 2.75) is 20.6 Å². The third-order valence-electron chi connectivity index (χ3n) is 2.08. The molecule has 0 aliphatic carbocycles. The maximum absolute atomic E-state index is 5.77. The summed E-state index contributed by atoms with van der Waals surface area (Å²) in [5.74, 6) is 0. The van der Waals surface area contributed by atoms with Gasteiger partial charge in [-0.2, -0.15) is 5.10 Å². The lowest BCUT2D eigenvalue weighted by Crippen LogP contribution is -2.09. The Morgan fingerprint density at radius 1 is 1.36 bits per heavy atom. The van der Waals surface area contributed by atoms with Crippen LogP contribution in [0.3, 0.4) is 0 Å². The van der Waals surface area contributed by atoms with Gasteiger partial charge in [0.1, 0.15) is 6.73 Å². The molecule has 0 spiro atoms. The van der Waals surface area contributed by atoms with E-state index in [0.717, 1.165) is 17.1 Å². The van der Waals surface area contributed by atoms with Gasteiger partial charge in [-0.05, 0) is 13.8 Å². The largest absolute Gasteiger partial charge is 0.396 e. The molecule has 14 heavy (non-hydrogen) atoms. The number of hydrogen-bond acceptors (Lipinski definition) is 4. The summed E-state index contributed by atoms with van der Waals surface area (Å²) < 4.78 is 11.9. The number of rotatable bonds is 5. The van der Waals surface area contributed by atoms with E-state index in [4.69, 9.17) is 15.2 Å². The first-order valence-electron chi connectivity index (χ1n) is 4.53. The van der Waals surface area contributed by atoms with Gasteiger partial charge in [-0.1, -0.05) is 0 Å². The molecule has 0 aromatic carbocycles. The van der Waals surface area contributed by atoms with Crippen LogP contribution in [0.25, 0.3) is 0 Å². The molecule has 0 aliphatic rings. The molecule has 5 heteroatoms. The summed E-state index contributed by atoms with van der Waals surface area (Å²) in [4.78, 5) is 0. The molecule has 0 fully saturated rings. The molecular weight excluding hydrogens is 182 g/mol. The maximum Gasteiger partial charge on any atom is 0.139 e. The molecular formula is C9H17N3O2. The molecule has 80 valence electrons. The Kier molecular flexibility index (Phi) is 3.91. The summed E-state index contributed by atoms with van der Waals surface area (Å²) in [7, 11) is 1.64. The normalized spacial score (nSPS) is 10.8. The summed E-state index contributed by atoms with van der Waals surface area (Å²) in [6.07, 6.45) is 0. The topological polar surface area (TPSA) is 62.3 Å². The molecule has 0 saturated heterocycles. The highest BCUT2D eigenvalue weighted by molar-refractivity contribution is 5.46. The van der Waals surface area contributed by atoms with E-state index in [1.165, 1.54) is 0 Å². The minimum atomic E-state index is 0.424. The number of methoxy groups -OCH3 is 1. The first-order chi connectivity index (χ1) is 6.66. The van der Waals surface area contributed by atoms with Crippen molar-refractivity contribution in [3.8, 4) is 0 Å². The zero-order valence-corrected chi connectivity index (χ0v) is 8.91. The number of aryl methyl sites for hydroxylation is 1. The number of nitrogens with zero attached hydrogens (tertiary/aromatic N) is 2. The van der Waals surface area contributed by atoms with E-state index in [-0.39, 0.29) is 0 Å². The van der Waals surface area contributed by atoms with Gasteiger partial charge in [0.25, 0.3) is 0 Å². The smallest absolute Gasteiger partial charge is 0.139 e. The van der Waals surface area contributed by atoms with Crippen LogP contribution >= 0.6 is 0 Å². The van der Waals surface area contributed by atoms with Gasteiger partial charge in [0.2, 0.25) is 0 Å². The van der Waals surface area contributed by atoms with Gasteiger partial charge < -0.3 is 15.2 Å². The standard InChI is InChI=1S/C9H17N3O2/c1-7-9(10)8(2)12(11-7)6-14-5-4-13-3/h4-6,10H2,1-3H3. The quantitative estimate of drug-likeness (QED) is 0.709. The van der Waals surface area contributed by atoms with E-state index in [2.05, 4.69) is 5.10 Å². The third-order valence-corrected chi connectivity index (χ3v) is 2.08. The number of ether oxygens (including phenoxy) is 2. The van der Waals surface area contributed by atoms with E-state index < -0.39 is 0 Å². The SMILES string of the molecule is COCCOCn1nc(C)c(N)c1C. The summed E-state index contributed by atoms with van der Waals surface area (Å²) in [6, 6.07) is 0. The monoisotopic (exact) mass is 199 g/mol. The molecule has 1 aromatic heterocycles. The molecule has 0 unspecified atom stereocenters. The van der Waals surface area contributed by atoms with Crippen molar-refractivity contribution >= 4 is 5.69 Å². The highest BCUT2D eigenvalue weighted by Crippen LogP contribution is 2.14. The Labute approximate surface area is 83.8 Å². The molecule has 2 N–H and O–H groups in total. The highest BCUT2D eigenvalue weighted by Gasteiger charge is 2.06. The van der Waals surface area contributed by atoms with Crippen molar-refractivity contribution < 1.29 is 9.47 Å². The van der Waals surface area contributed by atoms with Gasteiger partial charge in [-0.25, -0.2) is 4.68 Å². The lowest BCUT2D eigenvalue weighted by atomic mass is 10.3. The Bertz CT molecular complexity index is 296. The molecule has 0 radical (unpaired) electrons. The zero-order valence-electron chi connectivity index (χ0n) is 8.91. The predicted octanol–water partition coefficient (Wildman–Crippen LogP) is 0.703. The van der Waals surface area contributed by atoms with E-state index in [1.807, 2.05) is 13.8 Å². The number of anilines is 1. The van der Waals surface area contributed by atoms with Crippen LogP contribution < -0.4 is 5.73 Å². The molecule has 0 amide bonds. The van der Waals surface area contributed by atoms with Gasteiger partial charge in [0.15, 0.2) is 0 Å². The highest BCUT2D eigenvalue weighted by atomic mass is 16.5. The van der Waals surface area contributed by atoms with E-state index in [1.54, 1.807) is 11.8 Å². The first kappa shape index (κ1) is 11.0. The Balaban J connectivity index is 2.47. The number of aromatic nitrogens is 2. The average molecular weight is 199 g/mol. The lowest BCUT2D eigenvalue weighted by Gasteiger charge is -2.05. The fourth-order valence-corrected chi connectivity index (χ4v) is 1.13. The second-order valence-corrected chi connectivity index (χ2v) is 3.11. The van der Waals surface area contributed by atoms with Crippen LogP contribution in [0.2, 0.25) is 0 Å². The first-order valence-corrected chi connectivity index (χ1v) is 4.53. The Morgan fingerprint density at radius 2 is 2.07 bits per heavy atom. The molecule has 0 bridgehead atoms. The molecule has 1 aromatic rings. The van der Waals surface area contributed by atoms with Crippen molar-refractivity contribution in [3.05, 3.63) is 11.4 Å². The number of nitrogen functional groups attached to an aromatic ring is 1. The molecule has 0 aliphatic heterocycles. The summed E-state index contributed by atoms with van der Waals surface area (Å²) in [5, 5.41) is 4.23. The molecule has 1 heterocycles. The fourth-order valence-electron chi connectivity index (χ4n) is 1.13. The Morgan fingerprint density at radius 3 is 2.57 bits per heavy atom. The van der Waals surface area contributed by atoms with Gasteiger partial charge in [-0.3, -0.25) is 0 Å².